The van der Waals surface area contributed by atoms with Crippen molar-refractivity contribution in [3.05, 3.63) is 41.7 Å². The van der Waals surface area contributed by atoms with E-state index in [9.17, 15) is 4.79 Å². The molecular weight excluding hydrogens is 182 g/mol. The van der Waals surface area contributed by atoms with Crippen molar-refractivity contribution in [2.75, 3.05) is 0 Å². The number of aromatic hydroxyl groups is 1. The van der Waals surface area contributed by atoms with Crippen LogP contribution in [0, 0.1) is 0 Å². The Kier molecular flexibility index (Phi) is 3.12. The van der Waals surface area contributed by atoms with Crippen molar-refractivity contribution in [2.24, 2.45) is 5.73 Å². The van der Waals surface area contributed by atoms with Crippen molar-refractivity contribution in [2.45, 2.75) is 6.42 Å². The van der Waals surface area contributed by atoms with Crippen LogP contribution in [0.15, 0.2) is 36.1 Å². The Balaban J connectivity index is 2.78. The van der Waals surface area contributed by atoms with Gasteiger partial charge in [-0.2, -0.15) is 0 Å². The van der Waals surface area contributed by atoms with Gasteiger partial charge in [0, 0.05) is 6.42 Å². The highest BCUT2D eigenvalue weighted by Crippen LogP contribution is 2.12. The Morgan fingerprint density at radius 3 is 2.36 bits per heavy atom. The normalized spacial score (nSPS) is 11.3. The lowest BCUT2D eigenvalue weighted by Gasteiger charge is -2.01. The number of primary amides is 1. The molecule has 0 saturated carbocycles. The van der Waals surface area contributed by atoms with E-state index in [1.807, 2.05) is 0 Å². The van der Waals surface area contributed by atoms with Gasteiger partial charge in [-0.15, -0.1) is 0 Å². The van der Waals surface area contributed by atoms with Crippen LogP contribution in [0.4, 0.5) is 0 Å². The lowest BCUT2D eigenvalue weighted by Crippen LogP contribution is -2.15. The number of hydrogen-bond acceptors (Lipinski definition) is 3. The first-order valence-corrected chi connectivity index (χ1v) is 4.04. The number of phenolic OH excluding ortho intramolecular Hbond substituents is 1. The van der Waals surface area contributed by atoms with E-state index in [0.717, 1.165) is 5.56 Å². The van der Waals surface area contributed by atoms with Crippen LogP contribution in [0.25, 0.3) is 0 Å². The predicted molar refractivity (Wildman–Crippen MR) is 51.7 cm³/mol. The van der Waals surface area contributed by atoms with Gasteiger partial charge in [-0.1, -0.05) is 12.1 Å². The Morgan fingerprint density at radius 1 is 1.36 bits per heavy atom. The third-order valence-electron chi connectivity index (χ3n) is 1.80. The average molecular weight is 193 g/mol. The van der Waals surface area contributed by atoms with Gasteiger partial charge in [-0.05, 0) is 17.7 Å². The third-order valence-corrected chi connectivity index (χ3v) is 1.80. The third kappa shape index (κ3) is 2.52. The van der Waals surface area contributed by atoms with E-state index in [0.29, 0.717) is 6.26 Å². The standard InChI is InChI=1S/C10H11NO3/c11-10(14)8(6-12)5-7-1-3-9(13)4-2-7/h1-4,6,12-13H,5H2,(H2,11,14). The lowest BCUT2D eigenvalue weighted by molar-refractivity contribution is -0.114. The second kappa shape index (κ2) is 4.32. The monoisotopic (exact) mass is 193 g/mol. The van der Waals surface area contributed by atoms with Gasteiger partial charge in [0.1, 0.15) is 5.75 Å². The molecule has 1 rings (SSSR count). The topological polar surface area (TPSA) is 83.6 Å². The van der Waals surface area contributed by atoms with Crippen LogP contribution in [0.3, 0.4) is 0 Å². The molecule has 0 fully saturated rings. The van der Waals surface area contributed by atoms with Gasteiger partial charge >= 0.3 is 0 Å². The molecule has 0 aromatic heterocycles. The SMILES string of the molecule is NC(=O)C(=CO)Cc1ccc(O)cc1. The van der Waals surface area contributed by atoms with E-state index in [1.165, 1.54) is 12.1 Å². The minimum Gasteiger partial charge on any atom is -0.515 e. The van der Waals surface area contributed by atoms with Crippen molar-refractivity contribution in [3.8, 4) is 5.75 Å². The first kappa shape index (κ1) is 10.1. The van der Waals surface area contributed by atoms with E-state index >= 15 is 0 Å². The molecule has 4 nitrogen and oxygen atoms in total. The van der Waals surface area contributed by atoms with Gasteiger partial charge in [0.15, 0.2) is 0 Å². The van der Waals surface area contributed by atoms with E-state index in [-0.39, 0.29) is 17.7 Å². The summed E-state index contributed by atoms with van der Waals surface area (Å²) in [6, 6.07) is 6.32. The van der Waals surface area contributed by atoms with E-state index in [1.54, 1.807) is 12.1 Å². The van der Waals surface area contributed by atoms with Gasteiger partial charge < -0.3 is 15.9 Å². The summed E-state index contributed by atoms with van der Waals surface area (Å²) in [6.07, 6.45) is 0.960. The number of carbonyl (C=O) groups is 1. The number of benzene rings is 1. The van der Waals surface area contributed by atoms with Crippen molar-refractivity contribution in [1.29, 1.82) is 0 Å². The van der Waals surface area contributed by atoms with Crippen LogP contribution in [-0.2, 0) is 11.2 Å². The summed E-state index contributed by atoms with van der Waals surface area (Å²) in [5, 5.41) is 17.7. The van der Waals surface area contributed by atoms with Gasteiger partial charge in [0.05, 0.1) is 11.8 Å². The smallest absolute Gasteiger partial charge is 0.248 e. The first-order valence-electron chi connectivity index (χ1n) is 4.04. The molecule has 4 heteroatoms. The van der Waals surface area contributed by atoms with Gasteiger partial charge in [-0.3, -0.25) is 4.79 Å². The van der Waals surface area contributed by atoms with Gasteiger partial charge in [-0.25, -0.2) is 0 Å². The van der Waals surface area contributed by atoms with Crippen LogP contribution < -0.4 is 5.73 Å². The molecule has 0 aliphatic carbocycles. The number of aliphatic hydroxyl groups excluding tert-OH is 1. The minimum atomic E-state index is -0.652. The predicted octanol–water partition coefficient (Wildman–Crippen LogP) is 0.862. The molecular formula is C10H11NO3. The summed E-state index contributed by atoms with van der Waals surface area (Å²) in [5.74, 6) is -0.497. The number of phenols is 1. The molecule has 0 aliphatic heterocycles. The number of aliphatic hydroxyl groups is 1. The number of nitrogens with two attached hydrogens (primary N) is 1. The summed E-state index contributed by atoms with van der Waals surface area (Å²) in [5.41, 5.74) is 5.94. The van der Waals surface area contributed by atoms with Crippen LogP contribution >= 0.6 is 0 Å². The quantitative estimate of drug-likeness (QED) is 0.491. The number of rotatable bonds is 3. The molecule has 0 aliphatic rings. The molecule has 0 heterocycles. The summed E-state index contributed by atoms with van der Waals surface area (Å²) < 4.78 is 0. The number of amides is 1. The zero-order valence-electron chi connectivity index (χ0n) is 7.47. The summed E-state index contributed by atoms with van der Waals surface area (Å²) in [7, 11) is 0. The Labute approximate surface area is 81.3 Å². The molecule has 4 N–H and O–H groups in total. The number of carbonyl (C=O) groups excluding carboxylic acids is 1. The highest BCUT2D eigenvalue weighted by Gasteiger charge is 2.05. The molecule has 0 bridgehead atoms. The summed E-state index contributed by atoms with van der Waals surface area (Å²) in [4.78, 5) is 10.7. The van der Waals surface area contributed by atoms with Crippen LogP contribution in [0.5, 0.6) is 5.75 Å². The second-order valence-corrected chi connectivity index (χ2v) is 2.86. The fraction of sp³-hybridized carbons (Fsp3) is 0.100. The van der Waals surface area contributed by atoms with E-state index in [2.05, 4.69) is 0 Å². The van der Waals surface area contributed by atoms with Crippen molar-refractivity contribution >= 4 is 5.91 Å². The molecule has 1 amide bonds. The van der Waals surface area contributed by atoms with Crippen LogP contribution in [-0.4, -0.2) is 16.1 Å². The van der Waals surface area contributed by atoms with E-state index < -0.39 is 5.91 Å². The summed E-state index contributed by atoms with van der Waals surface area (Å²) in [6.45, 7) is 0. The molecule has 1 aromatic rings. The highest BCUT2D eigenvalue weighted by molar-refractivity contribution is 5.92. The maximum absolute atomic E-state index is 10.7. The lowest BCUT2D eigenvalue weighted by atomic mass is 10.1. The molecule has 74 valence electrons. The van der Waals surface area contributed by atoms with Crippen LogP contribution in [0.2, 0.25) is 0 Å². The fourth-order valence-electron chi connectivity index (χ4n) is 1.03. The van der Waals surface area contributed by atoms with Crippen molar-refractivity contribution in [1.82, 2.24) is 0 Å². The maximum atomic E-state index is 10.7. The summed E-state index contributed by atoms with van der Waals surface area (Å²) >= 11 is 0. The molecule has 0 radical (unpaired) electrons. The Bertz CT molecular complexity index is 354. The molecule has 14 heavy (non-hydrogen) atoms. The first-order chi connectivity index (χ1) is 6.63. The van der Waals surface area contributed by atoms with Gasteiger partial charge in [0.25, 0.3) is 0 Å². The van der Waals surface area contributed by atoms with Crippen molar-refractivity contribution < 1.29 is 15.0 Å². The fourth-order valence-corrected chi connectivity index (χ4v) is 1.03. The molecule has 1 aromatic carbocycles. The second-order valence-electron chi connectivity index (χ2n) is 2.86. The molecule has 0 spiro atoms. The largest absolute Gasteiger partial charge is 0.515 e. The maximum Gasteiger partial charge on any atom is 0.248 e. The number of hydrogen-bond donors (Lipinski definition) is 3. The van der Waals surface area contributed by atoms with E-state index in [4.69, 9.17) is 15.9 Å². The Morgan fingerprint density at radius 2 is 1.93 bits per heavy atom. The molecule has 0 unspecified atom stereocenters. The molecule has 0 atom stereocenters. The zero-order valence-corrected chi connectivity index (χ0v) is 7.47. The zero-order chi connectivity index (χ0) is 10.6. The van der Waals surface area contributed by atoms with Crippen LogP contribution in [0.1, 0.15) is 5.56 Å². The minimum absolute atomic E-state index is 0.135. The van der Waals surface area contributed by atoms with Gasteiger partial charge in [0.2, 0.25) is 5.91 Å². The Hall–Kier alpha value is -1.97. The average Bonchev–Trinajstić information content (AvgIpc) is 2.16. The highest BCUT2D eigenvalue weighted by atomic mass is 16.3. The molecule has 0 saturated heterocycles. The van der Waals surface area contributed by atoms with Crippen molar-refractivity contribution in [3.63, 3.8) is 0 Å².